The third-order valence-corrected chi connectivity index (χ3v) is 9.64. The zero-order chi connectivity index (χ0) is 28.2. The lowest BCUT2D eigenvalue weighted by Crippen LogP contribution is -2.42. The van der Waals surface area contributed by atoms with E-state index >= 15 is 0 Å². The molecule has 0 amide bonds. The number of benzene rings is 2. The van der Waals surface area contributed by atoms with Gasteiger partial charge in [-0.1, -0.05) is 54.1 Å². The Bertz CT molecular complexity index is 1430. The maximum atomic E-state index is 12.9. The summed E-state index contributed by atoms with van der Waals surface area (Å²) >= 11 is 7.70. The lowest BCUT2D eigenvalue weighted by atomic mass is 10.1. The largest absolute Gasteiger partial charge is 0.459 e. The highest BCUT2D eigenvalue weighted by Crippen LogP contribution is 2.46. The van der Waals surface area contributed by atoms with Gasteiger partial charge in [0.25, 0.3) is 0 Å². The average Bonchev–Trinajstić information content (AvgIpc) is 3.20. The van der Waals surface area contributed by atoms with Gasteiger partial charge in [-0.05, 0) is 49.9 Å². The summed E-state index contributed by atoms with van der Waals surface area (Å²) in [5.41, 5.74) is 2.36. The number of piperidine rings is 1. The van der Waals surface area contributed by atoms with E-state index in [0.29, 0.717) is 30.8 Å². The van der Waals surface area contributed by atoms with Crippen molar-refractivity contribution >= 4 is 50.6 Å². The monoisotopic (exact) mass is 590 g/mol. The molecule has 3 aromatic rings. The molecular weight excluding hydrogens is 560 g/mol. The summed E-state index contributed by atoms with van der Waals surface area (Å²) < 4.78 is 37.9. The number of esters is 2. The van der Waals surface area contributed by atoms with Crippen LogP contribution in [0.4, 0.5) is 5.69 Å². The first-order valence-corrected chi connectivity index (χ1v) is 15.4. The fraction of sp³-hybridized carbons (Fsp3) is 0.357. The molecule has 8 nitrogen and oxygen atoms in total. The van der Waals surface area contributed by atoms with E-state index in [1.807, 2.05) is 54.6 Å². The summed E-state index contributed by atoms with van der Waals surface area (Å²) in [6, 6.07) is 16.8. The van der Waals surface area contributed by atoms with E-state index in [-0.39, 0.29) is 33.5 Å². The number of nitrogens with zero attached hydrogens (tertiary/aromatic N) is 1. The van der Waals surface area contributed by atoms with Crippen molar-refractivity contribution in [3.05, 3.63) is 70.1 Å². The zero-order valence-electron chi connectivity index (χ0n) is 22.0. The van der Waals surface area contributed by atoms with Gasteiger partial charge in [0, 0.05) is 31.7 Å². The first-order chi connectivity index (χ1) is 18.5. The number of halogens is 1. The smallest absolute Gasteiger partial charge is 0.352 e. The van der Waals surface area contributed by atoms with Gasteiger partial charge in [-0.3, -0.25) is 4.79 Å². The van der Waals surface area contributed by atoms with Crippen molar-refractivity contribution in [2.24, 2.45) is 0 Å². The standard InChI is InChI=1S/C28H31ClN2O6S2/c1-18(2)36-28(33)27-25(37-19(3)32)24(29)26(38-27)21-10-7-11-23(16-21)30-22-12-14-31(15-13-22)39(34,35)17-20-8-5-4-6-9-20/h4-11,16,18,22,30H,12-15,17H2,1-3H3. The second-order valence-corrected chi connectivity index (χ2v) is 13.0. The van der Waals surface area contributed by atoms with Crippen molar-refractivity contribution in [2.45, 2.75) is 51.5 Å². The van der Waals surface area contributed by atoms with Crippen molar-refractivity contribution < 1.29 is 27.5 Å². The number of sulfonamides is 1. The highest BCUT2D eigenvalue weighted by Gasteiger charge is 2.29. The van der Waals surface area contributed by atoms with Crippen molar-refractivity contribution in [3.63, 3.8) is 0 Å². The Balaban J connectivity index is 1.46. The van der Waals surface area contributed by atoms with Crippen LogP contribution in [0.2, 0.25) is 5.02 Å². The predicted molar refractivity (Wildman–Crippen MR) is 154 cm³/mol. The number of rotatable bonds is 9. The van der Waals surface area contributed by atoms with Crippen LogP contribution < -0.4 is 10.1 Å². The number of nitrogens with one attached hydrogen (secondary N) is 1. The van der Waals surface area contributed by atoms with Crippen LogP contribution >= 0.6 is 22.9 Å². The topological polar surface area (TPSA) is 102 Å². The predicted octanol–water partition coefficient (Wildman–Crippen LogP) is 5.97. The lowest BCUT2D eigenvalue weighted by Gasteiger charge is -2.32. The van der Waals surface area contributed by atoms with E-state index < -0.39 is 22.0 Å². The molecule has 2 heterocycles. The fourth-order valence-electron chi connectivity index (χ4n) is 4.36. The minimum absolute atomic E-state index is 0.00240. The molecule has 2 aromatic carbocycles. The normalized spacial score (nSPS) is 14.8. The Labute approximate surface area is 237 Å². The summed E-state index contributed by atoms with van der Waals surface area (Å²) in [5.74, 6) is -1.20. The van der Waals surface area contributed by atoms with Crippen molar-refractivity contribution in [2.75, 3.05) is 18.4 Å². The number of hydrogen-bond acceptors (Lipinski definition) is 8. The van der Waals surface area contributed by atoms with Gasteiger partial charge in [0.1, 0.15) is 5.02 Å². The highest BCUT2D eigenvalue weighted by atomic mass is 35.5. The quantitative estimate of drug-likeness (QED) is 0.307. The summed E-state index contributed by atoms with van der Waals surface area (Å²) in [4.78, 5) is 25.0. The van der Waals surface area contributed by atoms with E-state index in [0.717, 1.165) is 28.2 Å². The van der Waals surface area contributed by atoms with Crippen LogP contribution in [0, 0.1) is 0 Å². The number of carbonyl (C=O) groups is 2. The second-order valence-electron chi connectivity index (χ2n) is 9.59. The molecule has 0 spiro atoms. The van der Waals surface area contributed by atoms with Gasteiger partial charge in [-0.25, -0.2) is 17.5 Å². The fourth-order valence-corrected chi connectivity index (χ4v) is 7.34. The summed E-state index contributed by atoms with van der Waals surface area (Å²) in [7, 11) is -3.39. The van der Waals surface area contributed by atoms with Crippen LogP contribution in [0.3, 0.4) is 0 Å². The van der Waals surface area contributed by atoms with Crippen LogP contribution in [0.5, 0.6) is 5.75 Å². The van der Waals surface area contributed by atoms with Gasteiger partial charge in [-0.15, -0.1) is 11.3 Å². The average molecular weight is 591 g/mol. The van der Waals surface area contributed by atoms with E-state index in [9.17, 15) is 18.0 Å². The number of anilines is 1. The third-order valence-electron chi connectivity index (χ3n) is 6.12. The van der Waals surface area contributed by atoms with Crippen LogP contribution in [0.15, 0.2) is 54.6 Å². The number of hydrogen-bond donors (Lipinski definition) is 1. The molecule has 0 atom stereocenters. The van der Waals surface area contributed by atoms with Crippen LogP contribution in [0.25, 0.3) is 10.4 Å². The molecule has 11 heteroatoms. The molecule has 0 bridgehead atoms. The van der Waals surface area contributed by atoms with Crippen molar-refractivity contribution in [3.8, 4) is 16.2 Å². The van der Waals surface area contributed by atoms with E-state index in [2.05, 4.69) is 5.32 Å². The van der Waals surface area contributed by atoms with Gasteiger partial charge in [0.15, 0.2) is 10.6 Å². The first-order valence-electron chi connectivity index (χ1n) is 12.6. The van der Waals surface area contributed by atoms with E-state index in [1.54, 1.807) is 18.2 Å². The SMILES string of the molecule is CC(=O)Oc1c(C(=O)OC(C)C)sc(-c2cccc(NC3CCN(S(=O)(=O)Cc4ccccc4)CC3)c2)c1Cl. The molecule has 0 radical (unpaired) electrons. The van der Waals surface area contributed by atoms with E-state index in [1.165, 1.54) is 6.92 Å². The Kier molecular flexibility index (Phi) is 9.32. The minimum atomic E-state index is -3.39. The Hall–Kier alpha value is -2.92. The molecular formula is C28H31ClN2O6S2. The molecule has 4 rings (SSSR count). The Morgan fingerprint density at radius 1 is 1.10 bits per heavy atom. The zero-order valence-corrected chi connectivity index (χ0v) is 24.4. The molecule has 1 aromatic heterocycles. The molecule has 1 fully saturated rings. The van der Waals surface area contributed by atoms with Gasteiger partial charge in [0.2, 0.25) is 10.0 Å². The molecule has 208 valence electrons. The highest BCUT2D eigenvalue weighted by molar-refractivity contribution is 7.88. The molecule has 1 saturated heterocycles. The Morgan fingerprint density at radius 2 is 1.79 bits per heavy atom. The van der Waals surface area contributed by atoms with Crippen LogP contribution in [0.1, 0.15) is 48.8 Å². The molecule has 1 aliphatic heterocycles. The van der Waals surface area contributed by atoms with Crippen molar-refractivity contribution in [1.82, 2.24) is 4.31 Å². The van der Waals surface area contributed by atoms with Crippen molar-refractivity contribution in [1.29, 1.82) is 0 Å². The maximum absolute atomic E-state index is 12.9. The third kappa shape index (κ3) is 7.39. The second kappa shape index (κ2) is 12.5. The summed E-state index contributed by atoms with van der Waals surface area (Å²) in [6.45, 7) is 5.59. The lowest BCUT2D eigenvalue weighted by molar-refractivity contribution is -0.131. The molecule has 1 N–H and O–H groups in total. The van der Waals surface area contributed by atoms with Gasteiger partial charge in [-0.2, -0.15) is 0 Å². The minimum Gasteiger partial charge on any atom is -0.459 e. The Morgan fingerprint density at radius 3 is 2.44 bits per heavy atom. The molecule has 0 aliphatic carbocycles. The molecule has 39 heavy (non-hydrogen) atoms. The first kappa shape index (κ1) is 29.1. The molecule has 1 aliphatic rings. The van der Waals surface area contributed by atoms with Crippen LogP contribution in [-0.2, 0) is 25.3 Å². The summed E-state index contributed by atoms with van der Waals surface area (Å²) in [5, 5.41) is 3.66. The van der Waals surface area contributed by atoms with E-state index in [4.69, 9.17) is 21.1 Å². The number of carbonyl (C=O) groups excluding carboxylic acids is 2. The van der Waals surface area contributed by atoms with Gasteiger partial charge < -0.3 is 14.8 Å². The number of thiophene rings is 1. The summed E-state index contributed by atoms with van der Waals surface area (Å²) in [6.07, 6.45) is 0.985. The van der Waals surface area contributed by atoms with Gasteiger partial charge >= 0.3 is 11.9 Å². The molecule has 0 saturated carbocycles. The maximum Gasteiger partial charge on any atom is 0.352 e. The number of ether oxygens (including phenoxy) is 2. The van der Waals surface area contributed by atoms with Crippen LogP contribution in [-0.4, -0.2) is 49.9 Å². The van der Waals surface area contributed by atoms with Gasteiger partial charge in [0.05, 0.1) is 16.7 Å². The molecule has 0 unspecified atom stereocenters.